The van der Waals surface area contributed by atoms with E-state index in [0.717, 1.165) is 0 Å². The summed E-state index contributed by atoms with van der Waals surface area (Å²) in [6.07, 6.45) is 1.44. The number of furan rings is 1. The zero-order valence-electron chi connectivity index (χ0n) is 11.5. The predicted octanol–water partition coefficient (Wildman–Crippen LogP) is 1.51. The average molecular weight is 284 g/mol. The van der Waals surface area contributed by atoms with Crippen LogP contribution < -0.4 is 5.32 Å². The van der Waals surface area contributed by atoms with Crippen molar-refractivity contribution in [2.75, 3.05) is 6.54 Å². The lowest BCUT2D eigenvalue weighted by atomic mass is 9.89. The highest BCUT2D eigenvalue weighted by atomic mass is 16.4. The molecule has 1 aliphatic carbocycles. The molecule has 0 radical (unpaired) electrons. The van der Waals surface area contributed by atoms with E-state index in [1.807, 2.05) is 0 Å². The second-order valence-corrected chi connectivity index (χ2v) is 4.65. The molecule has 2 aromatic heterocycles. The average Bonchev–Trinajstić information content (AvgIpc) is 2.83. The van der Waals surface area contributed by atoms with Crippen molar-refractivity contribution in [3.05, 3.63) is 52.2 Å². The van der Waals surface area contributed by atoms with Gasteiger partial charge in [0, 0.05) is 12.7 Å². The number of aromatic nitrogens is 1. The molecule has 0 saturated carbocycles. The maximum atomic E-state index is 12.5. The van der Waals surface area contributed by atoms with Crippen molar-refractivity contribution >= 4 is 17.5 Å². The molecule has 2 aromatic rings. The second-order valence-electron chi connectivity index (χ2n) is 4.65. The number of pyridine rings is 1. The molecule has 21 heavy (non-hydrogen) atoms. The van der Waals surface area contributed by atoms with Gasteiger partial charge in [0.2, 0.25) is 11.6 Å². The lowest BCUT2D eigenvalue weighted by Gasteiger charge is -2.12. The van der Waals surface area contributed by atoms with Crippen LogP contribution in [-0.4, -0.2) is 29.0 Å². The summed E-state index contributed by atoms with van der Waals surface area (Å²) < 4.78 is 5.39. The van der Waals surface area contributed by atoms with Gasteiger partial charge in [0.15, 0.2) is 5.76 Å². The number of fused-ring (bicyclic) bond motifs is 2. The number of aryl methyl sites for hydroxylation is 1. The fourth-order valence-corrected chi connectivity index (χ4v) is 2.45. The van der Waals surface area contributed by atoms with Crippen LogP contribution in [0.2, 0.25) is 0 Å². The van der Waals surface area contributed by atoms with Crippen LogP contribution >= 0.6 is 0 Å². The predicted molar refractivity (Wildman–Crippen MR) is 72.6 cm³/mol. The number of ketones is 2. The van der Waals surface area contributed by atoms with Crippen LogP contribution in [0.15, 0.2) is 22.7 Å². The minimum Gasteiger partial charge on any atom is -0.456 e. The maximum absolute atomic E-state index is 12.5. The Kier molecular flexibility index (Phi) is 2.94. The zero-order chi connectivity index (χ0) is 15.1. The Bertz CT molecular complexity index is 789. The third-order valence-corrected chi connectivity index (χ3v) is 3.35. The first-order valence-electron chi connectivity index (χ1n) is 6.52. The molecule has 6 nitrogen and oxygen atoms in total. The van der Waals surface area contributed by atoms with Gasteiger partial charge in [-0.15, -0.1) is 0 Å². The Morgan fingerprint density at radius 3 is 2.81 bits per heavy atom. The third-order valence-electron chi connectivity index (χ3n) is 3.35. The van der Waals surface area contributed by atoms with Crippen LogP contribution in [-0.2, 0) is 0 Å². The summed E-state index contributed by atoms with van der Waals surface area (Å²) in [7, 11) is 0. The van der Waals surface area contributed by atoms with Gasteiger partial charge in [0.1, 0.15) is 11.5 Å². The smallest absolute Gasteiger partial charge is 0.255 e. The standard InChI is InChI=1S/C15H12N2O4/c1-3-16-15(20)9-7(2)21-14-10(9)13(19)11-8(12(14)18)5-4-6-17-11/h4-6H,3H2,1-2H3,(H,16,20). The van der Waals surface area contributed by atoms with E-state index in [2.05, 4.69) is 10.3 Å². The number of hydrogen-bond donors (Lipinski definition) is 1. The lowest BCUT2D eigenvalue weighted by molar-refractivity contribution is 0.0938. The molecule has 2 heterocycles. The first-order valence-corrected chi connectivity index (χ1v) is 6.52. The van der Waals surface area contributed by atoms with E-state index < -0.39 is 17.5 Å². The van der Waals surface area contributed by atoms with Crippen molar-refractivity contribution < 1.29 is 18.8 Å². The van der Waals surface area contributed by atoms with Gasteiger partial charge in [0.25, 0.3) is 5.91 Å². The van der Waals surface area contributed by atoms with Gasteiger partial charge >= 0.3 is 0 Å². The number of carbonyl (C=O) groups is 3. The fourth-order valence-electron chi connectivity index (χ4n) is 2.45. The summed E-state index contributed by atoms with van der Waals surface area (Å²) in [6.45, 7) is 3.74. The van der Waals surface area contributed by atoms with Crippen molar-refractivity contribution in [3.8, 4) is 0 Å². The molecule has 6 heteroatoms. The van der Waals surface area contributed by atoms with Crippen LogP contribution in [0.3, 0.4) is 0 Å². The Balaban J connectivity index is 2.24. The van der Waals surface area contributed by atoms with Crippen molar-refractivity contribution in [1.82, 2.24) is 10.3 Å². The highest BCUT2D eigenvalue weighted by molar-refractivity contribution is 6.29. The van der Waals surface area contributed by atoms with Gasteiger partial charge in [-0.25, -0.2) is 0 Å². The fraction of sp³-hybridized carbons (Fsp3) is 0.200. The molecule has 3 rings (SSSR count). The highest BCUT2D eigenvalue weighted by Crippen LogP contribution is 2.32. The lowest BCUT2D eigenvalue weighted by Crippen LogP contribution is -2.27. The number of nitrogens with zero attached hydrogens (tertiary/aromatic N) is 1. The number of rotatable bonds is 2. The first kappa shape index (κ1) is 13.2. The van der Waals surface area contributed by atoms with Gasteiger partial charge in [-0.2, -0.15) is 0 Å². The van der Waals surface area contributed by atoms with Crippen LogP contribution in [0.4, 0.5) is 0 Å². The van der Waals surface area contributed by atoms with Gasteiger partial charge in [-0.1, -0.05) is 0 Å². The summed E-state index contributed by atoms with van der Waals surface area (Å²) in [5.41, 5.74) is 0.378. The molecular weight excluding hydrogens is 272 g/mol. The van der Waals surface area contributed by atoms with E-state index in [4.69, 9.17) is 4.42 Å². The van der Waals surface area contributed by atoms with Crippen LogP contribution in [0.25, 0.3) is 0 Å². The topological polar surface area (TPSA) is 89.3 Å². The number of nitrogens with one attached hydrogen (secondary N) is 1. The van der Waals surface area contributed by atoms with Crippen molar-refractivity contribution in [2.24, 2.45) is 0 Å². The molecule has 0 spiro atoms. The zero-order valence-corrected chi connectivity index (χ0v) is 11.5. The van der Waals surface area contributed by atoms with E-state index in [0.29, 0.717) is 6.54 Å². The molecule has 0 fully saturated rings. The van der Waals surface area contributed by atoms with E-state index >= 15 is 0 Å². The monoisotopic (exact) mass is 284 g/mol. The van der Waals surface area contributed by atoms with Gasteiger partial charge in [0.05, 0.1) is 16.7 Å². The Labute approximate surface area is 120 Å². The molecule has 106 valence electrons. The van der Waals surface area contributed by atoms with Crippen molar-refractivity contribution in [1.29, 1.82) is 0 Å². The Morgan fingerprint density at radius 2 is 2.10 bits per heavy atom. The summed E-state index contributed by atoms with van der Waals surface area (Å²) in [5, 5.41) is 2.62. The van der Waals surface area contributed by atoms with Crippen molar-refractivity contribution in [2.45, 2.75) is 13.8 Å². The second kappa shape index (κ2) is 4.66. The molecule has 0 bridgehead atoms. The van der Waals surface area contributed by atoms with Crippen LogP contribution in [0, 0.1) is 6.92 Å². The minimum absolute atomic E-state index is 0.00894. The quantitative estimate of drug-likeness (QED) is 0.770. The number of carbonyl (C=O) groups excluding carboxylic acids is 3. The highest BCUT2D eigenvalue weighted by Gasteiger charge is 2.39. The summed E-state index contributed by atoms with van der Waals surface area (Å²) in [6, 6.07) is 3.10. The summed E-state index contributed by atoms with van der Waals surface area (Å²) >= 11 is 0. The molecule has 0 aromatic carbocycles. The van der Waals surface area contributed by atoms with Crippen LogP contribution in [0.1, 0.15) is 55.2 Å². The molecule has 1 N–H and O–H groups in total. The maximum Gasteiger partial charge on any atom is 0.255 e. The summed E-state index contributed by atoms with van der Waals surface area (Å²) in [5.74, 6) is -1.15. The molecule has 0 unspecified atom stereocenters. The SMILES string of the molecule is CCNC(=O)c1c(C)oc2c1C(=O)c1ncccc1C2=O. The molecule has 0 aliphatic heterocycles. The summed E-state index contributed by atoms with van der Waals surface area (Å²) in [4.78, 5) is 41.0. The minimum atomic E-state index is -0.460. The van der Waals surface area contributed by atoms with E-state index in [1.54, 1.807) is 19.9 Å². The van der Waals surface area contributed by atoms with Gasteiger partial charge < -0.3 is 9.73 Å². The number of amides is 1. The molecule has 0 saturated heterocycles. The molecule has 1 amide bonds. The molecule has 1 aliphatic rings. The molecule has 0 atom stereocenters. The largest absolute Gasteiger partial charge is 0.456 e. The Morgan fingerprint density at radius 1 is 1.33 bits per heavy atom. The first-order chi connectivity index (χ1) is 10.1. The van der Waals surface area contributed by atoms with E-state index in [-0.39, 0.29) is 33.9 Å². The van der Waals surface area contributed by atoms with E-state index in [1.165, 1.54) is 12.3 Å². The molecular formula is C15H12N2O4. The van der Waals surface area contributed by atoms with Crippen molar-refractivity contribution in [3.63, 3.8) is 0 Å². The Hall–Kier alpha value is -2.76. The number of hydrogen-bond acceptors (Lipinski definition) is 5. The van der Waals surface area contributed by atoms with Crippen LogP contribution in [0.5, 0.6) is 0 Å². The van der Waals surface area contributed by atoms with E-state index in [9.17, 15) is 14.4 Å². The van der Waals surface area contributed by atoms with Gasteiger partial charge in [-0.3, -0.25) is 19.4 Å². The normalized spacial score (nSPS) is 12.9. The third kappa shape index (κ3) is 1.79. The van der Waals surface area contributed by atoms with Gasteiger partial charge in [-0.05, 0) is 26.0 Å².